The molecule has 0 bridgehead atoms. The molecule has 0 spiro atoms. The average molecular weight is 469 g/mol. The molecule has 0 unspecified atom stereocenters. The van der Waals surface area contributed by atoms with Crippen LogP contribution in [0.1, 0.15) is 36.9 Å². The Labute approximate surface area is 206 Å². The summed E-state index contributed by atoms with van der Waals surface area (Å²) in [6.07, 6.45) is 13.3. The molecule has 1 saturated carbocycles. The molecule has 2 aliphatic carbocycles. The predicted octanol–water partition coefficient (Wildman–Crippen LogP) is 4.80. The van der Waals surface area contributed by atoms with Gasteiger partial charge in [-0.3, -0.25) is 9.69 Å². The highest BCUT2D eigenvalue weighted by Gasteiger charge is 2.34. The number of hydrogen-bond acceptors (Lipinski definition) is 4. The molecule has 6 nitrogen and oxygen atoms in total. The lowest BCUT2D eigenvalue weighted by Gasteiger charge is -2.35. The second-order valence-corrected chi connectivity index (χ2v) is 9.80. The first-order chi connectivity index (χ1) is 17.2. The quantitative estimate of drug-likeness (QED) is 0.522. The van der Waals surface area contributed by atoms with Crippen molar-refractivity contribution in [3.63, 3.8) is 0 Å². The Hall–Kier alpha value is -3.38. The van der Waals surface area contributed by atoms with Crippen LogP contribution in [0.2, 0.25) is 0 Å². The molecule has 0 atom stereocenters. The van der Waals surface area contributed by atoms with E-state index < -0.39 is 0 Å². The summed E-state index contributed by atoms with van der Waals surface area (Å²) in [6.45, 7) is 4.18. The van der Waals surface area contributed by atoms with Gasteiger partial charge in [0, 0.05) is 50.4 Å². The van der Waals surface area contributed by atoms with Gasteiger partial charge in [-0.25, -0.2) is 4.98 Å². The molecule has 3 heterocycles. The number of piperazine rings is 1. The Bertz CT molecular complexity index is 1310. The fourth-order valence-corrected chi connectivity index (χ4v) is 5.17. The third kappa shape index (κ3) is 4.50. The van der Waals surface area contributed by atoms with Crippen LogP contribution in [0, 0.1) is 5.92 Å². The number of hydrogen-bond donors (Lipinski definition) is 0. The lowest BCUT2D eigenvalue weighted by atomic mass is 10.0. The minimum atomic E-state index is 0.293. The van der Waals surface area contributed by atoms with Crippen molar-refractivity contribution < 1.29 is 9.53 Å². The summed E-state index contributed by atoms with van der Waals surface area (Å²) in [4.78, 5) is 22.1. The second-order valence-electron chi connectivity index (χ2n) is 9.80. The molecular formula is C29H32N4O2. The summed E-state index contributed by atoms with van der Waals surface area (Å²) in [6, 6.07) is 12.4. The number of ether oxygens (including phenoxy) is 1. The molecule has 6 rings (SSSR count). The number of methoxy groups -OCH3 is 1. The van der Waals surface area contributed by atoms with Gasteiger partial charge in [0.25, 0.3) is 0 Å². The van der Waals surface area contributed by atoms with Gasteiger partial charge >= 0.3 is 0 Å². The van der Waals surface area contributed by atoms with Crippen molar-refractivity contribution in [3.05, 3.63) is 72.1 Å². The largest absolute Gasteiger partial charge is 0.497 e. The van der Waals surface area contributed by atoms with Gasteiger partial charge in [0.15, 0.2) is 0 Å². The maximum Gasteiger partial charge on any atom is 0.225 e. The van der Waals surface area contributed by atoms with Gasteiger partial charge in [-0.15, -0.1) is 0 Å². The Morgan fingerprint density at radius 3 is 2.66 bits per heavy atom. The highest BCUT2D eigenvalue weighted by molar-refractivity contribution is 5.81. The maximum atomic E-state index is 12.5. The molecule has 2 fully saturated rings. The molecule has 3 aliphatic rings. The summed E-state index contributed by atoms with van der Waals surface area (Å²) >= 11 is 0. The van der Waals surface area contributed by atoms with E-state index >= 15 is 0 Å². The Morgan fingerprint density at radius 1 is 1.06 bits per heavy atom. The van der Waals surface area contributed by atoms with Crippen LogP contribution in [0.5, 0.6) is 5.75 Å². The van der Waals surface area contributed by atoms with Crippen LogP contribution < -0.4 is 4.74 Å². The van der Waals surface area contributed by atoms with Crippen molar-refractivity contribution in [3.8, 4) is 17.0 Å². The highest BCUT2D eigenvalue weighted by Crippen LogP contribution is 2.32. The van der Waals surface area contributed by atoms with E-state index in [4.69, 9.17) is 9.72 Å². The lowest BCUT2D eigenvalue weighted by molar-refractivity contribution is -0.134. The number of fused-ring (bicyclic) bond motifs is 1. The van der Waals surface area contributed by atoms with Gasteiger partial charge < -0.3 is 14.0 Å². The van der Waals surface area contributed by atoms with E-state index in [1.165, 1.54) is 16.8 Å². The van der Waals surface area contributed by atoms with E-state index in [1.54, 1.807) is 7.11 Å². The first-order valence-electron chi connectivity index (χ1n) is 12.7. The fraction of sp³-hybridized carbons (Fsp3) is 0.379. The smallest absolute Gasteiger partial charge is 0.225 e. The van der Waals surface area contributed by atoms with Crippen LogP contribution in [0.25, 0.3) is 22.5 Å². The summed E-state index contributed by atoms with van der Waals surface area (Å²) < 4.78 is 7.76. The number of pyridine rings is 1. The summed E-state index contributed by atoms with van der Waals surface area (Å²) in [5.74, 6) is 1.48. The van der Waals surface area contributed by atoms with Crippen molar-refractivity contribution in [2.45, 2.75) is 32.2 Å². The van der Waals surface area contributed by atoms with Crippen molar-refractivity contribution in [2.24, 2.45) is 5.92 Å². The van der Waals surface area contributed by atoms with E-state index in [2.05, 4.69) is 62.9 Å². The van der Waals surface area contributed by atoms with Crippen LogP contribution in [-0.2, 0) is 11.3 Å². The molecule has 180 valence electrons. The standard InChI is InChI=1S/C29H32N4O2/c1-35-25-9-5-8-23(18-25)28-26(20-31-14-16-32(17-15-31)29(34)22-10-11-22)33-19-24(12-13-27(33)30-28)21-6-3-2-4-7-21/h3,5-9,12-13,18-19,22H,2,4,10-11,14-17,20H2,1H3. The van der Waals surface area contributed by atoms with Crippen LogP contribution in [0.3, 0.4) is 0 Å². The van der Waals surface area contributed by atoms with Crippen LogP contribution in [0.4, 0.5) is 0 Å². The Balaban J connectivity index is 1.34. The zero-order valence-corrected chi connectivity index (χ0v) is 20.3. The number of carbonyl (C=O) groups is 1. The topological polar surface area (TPSA) is 50.1 Å². The average Bonchev–Trinajstić information content (AvgIpc) is 3.71. The number of rotatable bonds is 6. The van der Waals surface area contributed by atoms with Crippen molar-refractivity contribution >= 4 is 17.1 Å². The van der Waals surface area contributed by atoms with Crippen molar-refractivity contribution in [1.82, 2.24) is 19.2 Å². The number of amides is 1. The fourth-order valence-electron chi connectivity index (χ4n) is 5.17. The molecule has 35 heavy (non-hydrogen) atoms. The van der Waals surface area contributed by atoms with E-state index in [0.29, 0.717) is 11.8 Å². The third-order valence-electron chi connectivity index (χ3n) is 7.37. The number of allylic oxidation sites excluding steroid dienone is 4. The highest BCUT2D eigenvalue weighted by atomic mass is 16.5. The molecule has 1 amide bonds. The number of carbonyl (C=O) groups excluding carboxylic acids is 1. The minimum Gasteiger partial charge on any atom is -0.497 e. The Kier molecular flexibility index (Phi) is 5.90. The summed E-state index contributed by atoms with van der Waals surface area (Å²) in [7, 11) is 1.70. The van der Waals surface area contributed by atoms with Gasteiger partial charge in [-0.2, -0.15) is 0 Å². The molecule has 1 aliphatic heterocycles. The minimum absolute atomic E-state index is 0.293. The predicted molar refractivity (Wildman–Crippen MR) is 138 cm³/mol. The summed E-state index contributed by atoms with van der Waals surface area (Å²) in [5.41, 5.74) is 6.66. The van der Waals surface area contributed by atoms with Gasteiger partial charge in [-0.1, -0.05) is 30.4 Å². The molecular weight excluding hydrogens is 436 g/mol. The summed E-state index contributed by atoms with van der Waals surface area (Å²) in [5, 5.41) is 0. The van der Waals surface area contributed by atoms with E-state index in [0.717, 1.165) is 81.1 Å². The van der Waals surface area contributed by atoms with Crippen LogP contribution in [0.15, 0.2) is 60.8 Å². The molecule has 2 aromatic heterocycles. The Morgan fingerprint density at radius 2 is 1.91 bits per heavy atom. The monoisotopic (exact) mass is 468 g/mol. The molecule has 1 aromatic carbocycles. The van der Waals surface area contributed by atoms with Gasteiger partial charge in [0.1, 0.15) is 11.4 Å². The molecule has 6 heteroatoms. The van der Waals surface area contributed by atoms with Crippen molar-refractivity contribution in [2.75, 3.05) is 33.3 Å². The zero-order chi connectivity index (χ0) is 23.8. The van der Waals surface area contributed by atoms with E-state index in [1.807, 2.05) is 12.1 Å². The molecule has 3 aromatic rings. The van der Waals surface area contributed by atoms with Crippen LogP contribution >= 0.6 is 0 Å². The lowest BCUT2D eigenvalue weighted by Crippen LogP contribution is -2.48. The van der Waals surface area contributed by atoms with Gasteiger partial charge in [-0.05, 0) is 61.1 Å². The second kappa shape index (κ2) is 9.34. The van der Waals surface area contributed by atoms with Gasteiger partial charge in [0.05, 0.1) is 18.5 Å². The number of imidazole rings is 1. The van der Waals surface area contributed by atoms with E-state index in [9.17, 15) is 4.79 Å². The SMILES string of the molecule is COc1cccc(-c2nc3ccc(C4=CCCC=C4)cn3c2CN2CCN(C(=O)C3CC3)CC2)c1. The molecule has 0 N–H and O–H groups in total. The number of benzene rings is 1. The zero-order valence-electron chi connectivity index (χ0n) is 20.3. The van der Waals surface area contributed by atoms with Crippen molar-refractivity contribution in [1.29, 1.82) is 0 Å². The van der Waals surface area contributed by atoms with E-state index in [-0.39, 0.29) is 0 Å². The molecule has 0 radical (unpaired) electrons. The maximum absolute atomic E-state index is 12.5. The number of aromatic nitrogens is 2. The number of nitrogens with zero attached hydrogens (tertiary/aromatic N) is 4. The molecule has 1 saturated heterocycles. The third-order valence-corrected chi connectivity index (χ3v) is 7.37. The first-order valence-corrected chi connectivity index (χ1v) is 12.7. The first kappa shape index (κ1) is 22.1. The normalized spacial score (nSPS) is 18.7. The van der Waals surface area contributed by atoms with Crippen LogP contribution in [-0.4, -0.2) is 58.4 Å². The van der Waals surface area contributed by atoms with Gasteiger partial charge in [0.2, 0.25) is 5.91 Å².